The van der Waals surface area contributed by atoms with Gasteiger partial charge in [0, 0.05) is 4.88 Å². The first-order chi connectivity index (χ1) is 13.2. The predicted molar refractivity (Wildman–Crippen MR) is 106 cm³/mol. The molecule has 0 spiro atoms. The second-order valence-corrected chi connectivity index (χ2v) is 8.86. The van der Waals surface area contributed by atoms with E-state index in [0.717, 1.165) is 4.88 Å². The summed E-state index contributed by atoms with van der Waals surface area (Å²) in [5.74, 6) is -0.552. The topological polar surface area (TPSA) is 111 Å². The minimum absolute atomic E-state index is 0.0639. The van der Waals surface area contributed by atoms with E-state index in [2.05, 4.69) is 10.0 Å². The summed E-state index contributed by atoms with van der Waals surface area (Å²) in [6.07, 6.45) is -0.00190. The fourth-order valence-electron chi connectivity index (χ4n) is 2.59. The summed E-state index contributed by atoms with van der Waals surface area (Å²) in [5, 5.41) is 2.81. The van der Waals surface area contributed by atoms with Gasteiger partial charge in [0.05, 0.1) is 22.8 Å². The van der Waals surface area contributed by atoms with Crippen LogP contribution in [0.4, 0.5) is 10.7 Å². The van der Waals surface area contributed by atoms with Crippen LogP contribution in [0.2, 0.25) is 0 Å². The minimum atomic E-state index is -4.00. The number of fused-ring (bicyclic) bond motifs is 1. The molecule has 0 fully saturated rings. The number of anilines is 2. The smallest absolute Gasteiger partial charge is 0.341 e. The van der Waals surface area contributed by atoms with Gasteiger partial charge in [0.15, 0.2) is 6.10 Å². The zero-order chi connectivity index (χ0) is 20.5. The lowest BCUT2D eigenvalue weighted by molar-refractivity contribution is -0.122. The highest BCUT2D eigenvalue weighted by Gasteiger charge is 2.27. The van der Waals surface area contributed by atoms with E-state index in [-0.39, 0.29) is 33.7 Å². The third-order valence-electron chi connectivity index (χ3n) is 4.05. The molecule has 1 atom stereocenters. The highest BCUT2D eigenvalue weighted by atomic mass is 32.2. The van der Waals surface area contributed by atoms with Crippen LogP contribution in [0.15, 0.2) is 29.2 Å². The second kappa shape index (κ2) is 7.80. The molecular formula is C18H20N2O6S2. The van der Waals surface area contributed by atoms with Gasteiger partial charge in [0.25, 0.3) is 15.9 Å². The Bertz CT molecular complexity index is 1030. The van der Waals surface area contributed by atoms with Gasteiger partial charge in [0.2, 0.25) is 0 Å². The quantitative estimate of drug-likeness (QED) is 0.690. The lowest BCUT2D eigenvalue weighted by Crippen LogP contribution is -2.34. The molecule has 0 saturated heterocycles. The van der Waals surface area contributed by atoms with Crippen LogP contribution < -0.4 is 14.8 Å². The normalized spacial score (nSPS) is 16.0. The van der Waals surface area contributed by atoms with Gasteiger partial charge in [-0.15, -0.1) is 11.3 Å². The number of amides is 1. The summed E-state index contributed by atoms with van der Waals surface area (Å²) in [5.41, 5.74) is 0.452. The van der Waals surface area contributed by atoms with Crippen LogP contribution >= 0.6 is 11.3 Å². The number of rotatable bonds is 6. The molecule has 150 valence electrons. The van der Waals surface area contributed by atoms with Crippen LogP contribution in [-0.4, -0.2) is 33.0 Å². The van der Waals surface area contributed by atoms with Crippen LogP contribution in [0.1, 0.15) is 36.0 Å². The third kappa shape index (κ3) is 3.97. The molecule has 1 aromatic heterocycles. The summed E-state index contributed by atoms with van der Waals surface area (Å²) in [7, 11) is -4.00. The number of carbonyl (C=O) groups is 2. The van der Waals surface area contributed by atoms with Gasteiger partial charge in [-0.1, -0.05) is 6.92 Å². The van der Waals surface area contributed by atoms with Crippen molar-refractivity contribution in [2.45, 2.75) is 38.2 Å². The van der Waals surface area contributed by atoms with Crippen molar-refractivity contribution in [2.24, 2.45) is 0 Å². The van der Waals surface area contributed by atoms with Gasteiger partial charge in [-0.2, -0.15) is 0 Å². The molecule has 2 aromatic rings. The number of nitrogens with one attached hydrogen (secondary N) is 2. The van der Waals surface area contributed by atoms with Crippen LogP contribution in [0.25, 0.3) is 0 Å². The first kappa shape index (κ1) is 20.2. The first-order valence-electron chi connectivity index (χ1n) is 8.69. The van der Waals surface area contributed by atoms with E-state index < -0.39 is 22.1 Å². The van der Waals surface area contributed by atoms with Crippen molar-refractivity contribution >= 4 is 43.9 Å². The van der Waals surface area contributed by atoms with Gasteiger partial charge in [-0.3, -0.25) is 9.52 Å². The predicted octanol–water partition coefficient (Wildman–Crippen LogP) is 3.01. The Balaban J connectivity index is 1.93. The SMILES string of the molecule is CCOC(=O)c1cc(CC)sc1NS(=O)(=O)c1ccc2c(c1)NC(=O)C(C)O2. The molecule has 0 saturated carbocycles. The molecular weight excluding hydrogens is 404 g/mol. The van der Waals surface area contributed by atoms with Gasteiger partial charge in [0.1, 0.15) is 10.8 Å². The molecule has 3 rings (SSSR count). The number of esters is 1. The number of thiophene rings is 1. The van der Waals surface area contributed by atoms with Gasteiger partial charge in [-0.25, -0.2) is 13.2 Å². The van der Waals surface area contributed by atoms with E-state index in [1.54, 1.807) is 19.9 Å². The maximum Gasteiger partial charge on any atom is 0.341 e. The van der Waals surface area contributed by atoms with E-state index in [9.17, 15) is 18.0 Å². The molecule has 10 heteroatoms. The van der Waals surface area contributed by atoms with E-state index in [1.807, 2.05) is 6.92 Å². The number of aryl methyl sites for hydroxylation is 1. The van der Waals surface area contributed by atoms with Gasteiger partial charge < -0.3 is 14.8 Å². The molecule has 1 unspecified atom stereocenters. The van der Waals surface area contributed by atoms with Crippen molar-refractivity contribution in [1.29, 1.82) is 0 Å². The molecule has 28 heavy (non-hydrogen) atoms. The van der Waals surface area contributed by atoms with E-state index in [0.29, 0.717) is 12.2 Å². The highest BCUT2D eigenvalue weighted by Crippen LogP contribution is 2.34. The maximum atomic E-state index is 12.9. The standard InChI is InChI=1S/C18H20N2O6S2/c1-4-11-8-13(18(22)25-5-2)17(27-11)20-28(23,24)12-6-7-15-14(9-12)19-16(21)10(3)26-15/h6-10,20H,4-5H2,1-3H3,(H,19,21). The van der Waals surface area contributed by atoms with Crippen molar-refractivity contribution in [1.82, 2.24) is 0 Å². The fourth-order valence-corrected chi connectivity index (χ4v) is 4.91. The number of carbonyl (C=O) groups excluding carboxylic acids is 2. The van der Waals surface area contributed by atoms with Crippen molar-refractivity contribution < 1.29 is 27.5 Å². The van der Waals surface area contributed by atoms with E-state index in [4.69, 9.17) is 9.47 Å². The average Bonchev–Trinajstić information content (AvgIpc) is 3.05. The molecule has 2 heterocycles. The largest absolute Gasteiger partial charge is 0.479 e. The lowest BCUT2D eigenvalue weighted by Gasteiger charge is -2.23. The fraction of sp³-hybridized carbons (Fsp3) is 0.333. The summed E-state index contributed by atoms with van der Waals surface area (Å²) in [4.78, 5) is 24.7. The van der Waals surface area contributed by atoms with E-state index >= 15 is 0 Å². The molecule has 1 aliphatic rings. The first-order valence-corrected chi connectivity index (χ1v) is 11.0. The highest BCUT2D eigenvalue weighted by molar-refractivity contribution is 7.93. The van der Waals surface area contributed by atoms with Gasteiger partial charge >= 0.3 is 5.97 Å². The Morgan fingerprint density at radius 2 is 2.07 bits per heavy atom. The Labute approximate surface area is 166 Å². The van der Waals surface area contributed by atoms with Gasteiger partial charge in [-0.05, 0) is 44.5 Å². The Morgan fingerprint density at radius 1 is 1.32 bits per heavy atom. The van der Waals surface area contributed by atoms with Crippen molar-refractivity contribution in [3.63, 3.8) is 0 Å². The van der Waals surface area contributed by atoms with E-state index in [1.165, 1.54) is 29.5 Å². The zero-order valence-electron chi connectivity index (χ0n) is 15.6. The summed E-state index contributed by atoms with van der Waals surface area (Å²) in [6, 6.07) is 5.81. The average molecular weight is 425 g/mol. The van der Waals surface area contributed by atoms with Crippen LogP contribution in [0.5, 0.6) is 5.75 Å². The van der Waals surface area contributed by atoms with Crippen molar-refractivity contribution in [3.8, 4) is 5.75 Å². The van der Waals surface area contributed by atoms with Crippen molar-refractivity contribution in [3.05, 3.63) is 34.7 Å². The number of hydrogen-bond donors (Lipinski definition) is 2. The monoisotopic (exact) mass is 424 g/mol. The molecule has 2 N–H and O–H groups in total. The molecule has 0 radical (unpaired) electrons. The van der Waals surface area contributed by atoms with Crippen LogP contribution in [-0.2, 0) is 26.0 Å². The third-order valence-corrected chi connectivity index (χ3v) is 6.72. The number of ether oxygens (including phenoxy) is 2. The second-order valence-electron chi connectivity index (χ2n) is 6.04. The molecule has 0 aliphatic carbocycles. The number of sulfonamides is 1. The molecule has 1 amide bonds. The summed E-state index contributed by atoms with van der Waals surface area (Å²) < 4.78 is 38.6. The van der Waals surface area contributed by atoms with Crippen molar-refractivity contribution in [2.75, 3.05) is 16.6 Å². The Hall–Kier alpha value is -2.59. The van der Waals surface area contributed by atoms with Crippen LogP contribution in [0, 0.1) is 0 Å². The maximum absolute atomic E-state index is 12.9. The lowest BCUT2D eigenvalue weighted by atomic mass is 10.2. The summed E-state index contributed by atoms with van der Waals surface area (Å²) >= 11 is 1.18. The molecule has 0 bridgehead atoms. The molecule has 1 aliphatic heterocycles. The Morgan fingerprint density at radius 3 is 2.75 bits per heavy atom. The summed E-state index contributed by atoms with van der Waals surface area (Å²) in [6.45, 7) is 5.38. The number of benzene rings is 1. The molecule has 8 nitrogen and oxygen atoms in total. The zero-order valence-corrected chi connectivity index (χ0v) is 17.2. The van der Waals surface area contributed by atoms with Crippen LogP contribution in [0.3, 0.4) is 0 Å². The molecule has 1 aromatic carbocycles. The minimum Gasteiger partial charge on any atom is -0.479 e. The Kier molecular flexibility index (Phi) is 5.61. The number of hydrogen-bond acceptors (Lipinski definition) is 7.